The molecule has 1 aliphatic rings. The molecule has 1 amide bonds. The predicted molar refractivity (Wildman–Crippen MR) is 84.3 cm³/mol. The lowest BCUT2D eigenvalue weighted by Gasteiger charge is -1.97. The fraction of sp³-hybridized carbons (Fsp3) is 0.0667. The summed E-state index contributed by atoms with van der Waals surface area (Å²) in [5, 5.41) is 12.6. The molecule has 0 bridgehead atoms. The van der Waals surface area contributed by atoms with E-state index in [0.717, 1.165) is 5.69 Å². The number of rotatable bonds is 2. The first kappa shape index (κ1) is 13.5. The number of carbonyl (C=O) groups is 1. The van der Waals surface area contributed by atoms with Gasteiger partial charge in [-0.3, -0.25) is 4.79 Å². The fourth-order valence-electron chi connectivity index (χ4n) is 1.92. The number of thioether (sulfide) groups is 1. The average Bonchev–Trinajstić information content (AvgIpc) is 2.98. The van der Waals surface area contributed by atoms with Crippen LogP contribution in [-0.4, -0.2) is 20.7 Å². The van der Waals surface area contributed by atoms with Gasteiger partial charge in [-0.05, 0) is 42.1 Å². The summed E-state index contributed by atoms with van der Waals surface area (Å²) in [6.45, 7) is 0. The number of carbonyl (C=O) groups excluding carboxylic acids is 1. The van der Waals surface area contributed by atoms with E-state index < -0.39 is 0 Å². The Hall–Kier alpha value is -2.47. The van der Waals surface area contributed by atoms with Gasteiger partial charge >= 0.3 is 0 Å². The number of hydrogen-bond donors (Lipinski definition) is 2. The second kappa shape index (κ2) is 5.49. The van der Waals surface area contributed by atoms with Gasteiger partial charge in [0.05, 0.1) is 10.6 Å². The predicted octanol–water partition coefficient (Wildman–Crippen LogP) is 2.62. The molecule has 1 fully saturated rings. The third-order valence-electron chi connectivity index (χ3n) is 2.97. The molecule has 6 heteroatoms. The topological polar surface area (TPSA) is 66.6 Å². The van der Waals surface area contributed by atoms with Crippen molar-refractivity contribution in [3.05, 3.63) is 53.2 Å². The number of aryl methyl sites for hydroxylation is 1. The van der Waals surface area contributed by atoms with Crippen LogP contribution in [0.2, 0.25) is 0 Å². The number of phenolic OH excluding ortho intramolecular Hbond substituents is 1. The summed E-state index contributed by atoms with van der Waals surface area (Å²) in [5.74, 6) is -0.0224. The van der Waals surface area contributed by atoms with Crippen LogP contribution in [0.3, 0.4) is 0 Å². The number of phenols is 1. The molecule has 106 valence electrons. The van der Waals surface area contributed by atoms with Crippen molar-refractivity contribution in [2.45, 2.75) is 0 Å². The van der Waals surface area contributed by atoms with E-state index >= 15 is 0 Å². The number of aliphatic imine (C=N–C) groups is 1. The van der Waals surface area contributed by atoms with Gasteiger partial charge in [0.1, 0.15) is 5.75 Å². The zero-order valence-electron chi connectivity index (χ0n) is 11.3. The number of nitrogens with zero attached hydrogens (tertiary/aromatic N) is 2. The largest absolute Gasteiger partial charge is 0.508 e. The maximum absolute atomic E-state index is 11.9. The number of hydrogen-bond acceptors (Lipinski definition) is 4. The summed E-state index contributed by atoms with van der Waals surface area (Å²) < 4.78 is 1.94. The Labute approximate surface area is 126 Å². The Kier molecular flexibility index (Phi) is 3.53. The number of aromatic hydroxyl groups is 1. The van der Waals surface area contributed by atoms with E-state index in [1.807, 2.05) is 36.0 Å². The van der Waals surface area contributed by atoms with Crippen LogP contribution in [0.1, 0.15) is 5.69 Å². The standard InChI is InChI=1S/C15H13N3O2S/c1-18-7-3-5-11(18)9-13-14(20)17-15(21-13)16-10-4-2-6-12(19)8-10/h2-9,19H,1H3,(H,16,17,20)/b13-9-. The molecule has 3 rings (SSSR count). The Balaban J connectivity index is 1.85. The molecular weight excluding hydrogens is 286 g/mol. The third-order valence-corrected chi connectivity index (χ3v) is 3.88. The molecule has 0 unspecified atom stereocenters. The minimum absolute atomic E-state index is 0.144. The van der Waals surface area contributed by atoms with Gasteiger partial charge in [0.2, 0.25) is 0 Å². The number of amidine groups is 1. The SMILES string of the molecule is Cn1cccc1/C=C1\SC(=Nc2cccc(O)c2)NC1=O. The highest BCUT2D eigenvalue weighted by molar-refractivity contribution is 8.18. The zero-order chi connectivity index (χ0) is 14.8. The van der Waals surface area contributed by atoms with E-state index in [1.54, 1.807) is 24.3 Å². The highest BCUT2D eigenvalue weighted by Gasteiger charge is 2.24. The summed E-state index contributed by atoms with van der Waals surface area (Å²) in [6.07, 6.45) is 3.75. The van der Waals surface area contributed by atoms with Gasteiger partial charge in [0.25, 0.3) is 5.91 Å². The third kappa shape index (κ3) is 3.00. The lowest BCUT2D eigenvalue weighted by atomic mass is 10.3. The second-order valence-corrected chi connectivity index (χ2v) is 5.58. The quantitative estimate of drug-likeness (QED) is 0.838. The molecule has 1 saturated heterocycles. The van der Waals surface area contributed by atoms with Crippen LogP contribution in [0.5, 0.6) is 5.75 Å². The maximum Gasteiger partial charge on any atom is 0.264 e. The van der Waals surface area contributed by atoms with Gasteiger partial charge in [-0.25, -0.2) is 4.99 Å². The van der Waals surface area contributed by atoms with Crippen LogP contribution in [0, 0.1) is 0 Å². The molecule has 0 saturated carbocycles. The van der Waals surface area contributed by atoms with Gasteiger partial charge < -0.3 is 15.0 Å². The van der Waals surface area contributed by atoms with Gasteiger partial charge in [-0.2, -0.15) is 0 Å². The van der Waals surface area contributed by atoms with Crippen LogP contribution in [0.4, 0.5) is 5.69 Å². The number of benzene rings is 1. The first-order chi connectivity index (χ1) is 10.1. The van der Waals surface area contributed by atoms with Crippen LogP contribution in [0.25, 0.3) is 6.08 Å². The van der Waals surface area contributed by atoms with E-state index in [4.69, 9.17) is 0 Å². The van der Waals surface area contributed by atoms with Crippen LogP contribution < -0.4 is 5.32 Å². The van der Waals surface area contributed by atoms with E-state index in [2.05, 4.69) is 10.3 Å². The second-order valence-electron chi connectivity index (χ2n) is 4.55. The molecule has 0 radical (unpaired) electrons. The molecule has 1 aliphatic heterocycles. The van der Waals surface area contributed by atoms with Gasteiger partial charge in [-0.15, -0.1) is 0 Å². The molecule has 0 spiro atoms. The number of nitrogens with one attached hydrogen (secondary N) is 1. The monoisotopic (exact) mass is 299 g/mol. The zero-order valence-corrected chi connectivity index (χ0v) is 12.1. The minimum atomic E-state index is -0.167. The highest BCUT2D eigenvalue weighted by Crippen LogP contribution is 2.28. The molecule has 2 aromatic rings. The number of amides is 1. The minimum Gasteiger partial charge on any atom is -0.508 e. The van der Waals surface area contributed by atoms with Crippen LogP contribution >= 0.6 is 11.8 Å². The van der Waals surface area contributed by atoms with Gasteiger partial charge in [-0.1, -0.05) is 6.07 Å². The summed E-state index contributed by atoms with van der Waals surface area (Å²) in [5.41, 5.74) is 1.55. The summed E-state index contributed by atoms with van der Waals surface area (Å²) in [7, 11) is 1.92. The van der Waals surface area contributed by atoms with Gasteiger partial charge in [0.15, 0.2) is 5.17 Å². The van der Waals surface area contributed by atoms with Crippen molar-refractivity contribution >= 4 is 34.6 Å². The molecule has 0 aliphatic carbocycles. The fourth-order valence-corrected chi connectivity index (χ4v) is 2.75. The molecular formula is C15H13N3O2S. The lowest BCUT2D eigenvalue weighted by Crippen LogP contribution is -2.19. The Morgan fingerprint density at radius 3 is 2.90 bits per heavy atom. The summed E-state index contributed by atoms with van der Waals surface area (Å²) in [4.78, 5) is 16.8. The van der Waals surface area contributed by atoms with Crippen molar-refractivity contribution in [3.8, 4) is 5.75 Å². The summed E-state index contributed by atoms with van der Waals surface area (Å²) >= 11 is 1.28. The van der Waals surface area contributed by atoms with Crippen molar-refractivity contribution < 1.29 is 9.90 Å². The first-order valence-electron chi connectivity index (χ1n) is 6.32. The Morgan fingerprint density at radius 1 is 1.33 bits per heavy atom. The Bertz CT molecular complexity index is 762. The molecule has 2 heterocycles. The lowest BCUT2D eigenvalue weighted by molar-refractivity contribution is -0.115. The normalized spacial score (nSPS) is 18.4. The van der Waals surface area contributed by atoms with E-state index in [-0.39, 0.29) is 11.7 Å². The highest BCUT2D eigenvalue weighted by atomic mass is 32.2. The molecule has 21 heavy (non-hydrogen) atoms. The van der Waals surface area contributed by atoms with E-state index in [0.29, 0.717) is 15.8 Å². The smallest absolute Gasteiger partial charge is 0.264 e. The van der Waals surface area contributed by atoms with Crippen LogP contribution in [0.15, 0.2) is 52.5 Å². The first-order valence-corrected chi connectivity index (χ1v) is 7.13. The average molecular weight is 299 g/mol. The molecule has 5 nitrogen and oxygen atoms in total. The number of aromatic nitrogens is 1. The van der Waals surface area contributed by atoms with Crippen molar-refractivity contribution in [2.75, 3.05) is 0 Å². The van der Waals surface area contributed by atoms with Crippen molar-refractivity contribution in [3.63, 3.8) is 0 Å². The Morgan fingerprint density at radius 2 is 2.19 bits per heavy atom. The van der Waals surface area contributed by atoms with Gasteiger partial charge in [0, 0.05) is 25.0 Å². The molecule has 1 aromatic heterocycles. The van der Waals surface area contributed by atoms with E-state index in [1.165, 1.54) is 11.8 Å². The molecule has 1 aromatic carbocycles. The van der Waals surface area contributed by atoms with E-state index in [9.17, 15) is 9.90 Å². The van der Waals surface area contributed by atoms with Crippen LogP contribution in [-0.2, 0) is 11.8 Å². The molecule has 0 atom stereocenters. The maximum atomic E-state index is 11.9. The van der Waals surface area contributed by atoms with Crippen molar-refractivity contribution in [1.82, 2.24) is 9.88 Å². The van der Waals surface area contributed by atoms with Crippen molar-refractivity contribution in [2.24, 2.45) is 12.0 Å². The molecule has 2 N–H and O–H groups in total. The van der Waals surface area contributed by atoms with Crippen molar-refractivity contribution in [1.29, 1.82) is 0 Å². The summed E-state index contributed by atoms with van der Waals surface area (Å²) in [6, 6.07) is 10.4.